The van der Waals surface area contributed by atoms with E-state index in [1.54, 1.807) is 7.11 Å². The molecule has 0 atom stereocenters. The standard InChI is InChI=1S/C18H23NO2/c1-20-13-6-5-12-19-15-16-8-7-11-18(14-16)21-17-9-3-2-4-10-17/h2-4,7-11,14,19H,5-6,12-13,15H2,1H3. The first-order chi connectivity index (χ1) is 10.4. The van der Waals surface area contributed by atoms with Gasteiger partial charge in [0.1, 0.15) is 11.5 Å². The van der Waals surface area contributed by atoms with Crippen molar-refractivity contribution in [2.75, 3.05) is 20.3 Å². The van der Waals surface area contributed by atoms with Gasteiger partial charge in [0, 0.05) is 20.3 Å². The quantitative estimate of drug-likeness (QED) is 0.707. The summed E-state index contributed by atoms with van der Waals surface area (Å²) in [5.74, 6) is 1.74. The van der Waals surface area contributed by atoms with Gasteiger partial charge in [-0.15, -0.1) is 0 Å². The SMILES string of the molecule is COCCCCNCc1cccc(Oc2ccccc2)c1. The van der Waals surface area contributed by atoms with Crippen molar-refractivity contribution < 1.29 is 9.47 Å². The second kappa shape index (κ2) is 9.16. The molecule has 1 N–H and O–H groups in total. The topological polar surface area (TPSA) is 30.5 Å². The van der Waals surface area contributed by atoms with Crippen molar-refractivity contribution in [1.82, 2.24) is 5.32 Å². The van der Waals surface area contributed by atoms with E-state index in [1.807, 2.05) is 42.5 Å². The number of hydrogen-bond acceptors (Lipinski definition) is 3. The van der Waals surface area contributed by atoms with E-state index in [1.165, 1.54) is 5.56 Å². The third kappa shape index (κ3) is 5.98. The van der Waals surface area contributed by atoms with E-state index in [-0.39, 0.29) is 0 Å². The summed E-state index contributed by atoms with van der Waals surface area (Å²) in [5.41, 5.74) is 1.23. The molecule has 0 radical (unpaired) electrons. The first-order valence-electron chi connectivity index (χ1n) is 7.40. The van der Waals surface area contributed by atoms with Crippen molar-refractivity contribution in [3.05, 3.63) is 60.2 Å². The smallest absolute Gasteiger partial charge is 0.127 e. The van der Waals surface area contributed by atoms with Crippen LogP contribution in [0.5, 0.6) is 11.5 Å². The highest BCUT2D eigenvalue weighted by Crippen LogP contribution is 2.21. The van der Waals surface area contributed by atoms with E-state index in [0.717, 1.165) is 44.0 Å². The van der Waals surface area contributed by atoms with E-state index in [0.29, 0.717) is 0 Å². The Hall–Kier alpha value is -1.84. The number of benzene rings is 2. The lowest BCUT2D eigenvalue weighted by Gasteiger charge is -2.08. The molecule has 0 aliphatic carbocycles. The molecule has 2 aromatic carbocycles. The van der Waals surface area contributed by atoms with Crippen LogP contribution in [-0.2, 0) is 11.3 Å². The van der Waals surface area contributed by atoms with Gasteiger partial charge in [-0.3, -0.25) is 0 Å². The Morgan fingerprint density at radius 3 is 2.52 bits per heavy atom. The highest BCUT2D eigenvalue weighted by atomic mass is 16.5. The predicted molar refractivity (Wildman–Crippen MR) is 85.8 cm³/mol. The predicted octanol–water partition coefficient (Wildman–Crippen LogP) is 4.00. The molecule has 0 fully saturated rings. The summed E-state index contributed by atoms with van der Waals surface area (Å²) in [6, 6.07) is 18.0. The maximum Gasteiger partial charge on any atom is 0.127 e. The normalized spacial score (nSPS) is 10.5. The van der Waals surface area contributed by atoms with Gasteiger partial charge in [0.15, 0.2) is 0 Å². The van der Waals surface area contributed by atoms with Crippen molar-refractivity contribution in [3.63, 3.8) is 0 Å². The summed E-state index contributed by atoms with van der Waals surface area (Å²) in [5, 5.41) is 3.44. The fourth-order valence-electron chi connectivity index (χ4n) is 2.07. The van der Waals surface area contributed by atoms with Gasteiger partial charge in [-0.2, -0.15) is 0 Å². The minimum atomic E-state index is 0.835. The minimum Gasteiger partial charge on any atom is -0.457 e. The van der Waals surface area contributed by atoms with Crippen LogP contribution in [-0.4, -0.2) is 20.3 Å². The van der Waals surface area contributed by atoms with Crippen molar-refractivity contribution >= 4 is 0 Å². The zero-order valence-corrected chi connectivity index (χ0v) is 12.5. The molecule has 3 nitrogen and oxygen atoms in total. The van der Waals surface area contributed by atoms with Crippen LogP contribution in [0.2, 0.25) is 0 Å². The summed E-state index contributed by atoms with van der Waals surface area (Å²) >= 11 is 0. The first kappa shape index (κ1) is 15.5. The number of para-hydroxylation sites is 1. The minimum absolute atomic E-state index is 0.835. The molecule has 0 aromatic heterocycles. The van der Waals surface area contributed by atoms with Crippen molar-refractivity contribution in [1.29, 1.82) is 0 Å². The zero-order chi connectivity index (χ0) is 14.8. The van der Waals surface area contributed by atoms with Gasteiger partial charge in [0.05, 0.1) is 0 Å². The number of hydrogen-bond donors (Lipinski definition) is 1. The third-order valence-corrected chi connectivity index (χ3v) is 3.16. The molecular formula is C18H23NO2. The van der Waals surface area contributed by atoms with Crippen molar-refractivity contribution in [3.8, 4) is 11.5 Å². The van der Waals surface area contributed by atoms with Gasteiger partial charge in [-0.1, -0.05) is 30.3 Å². The van der Waals surface area contributed by atoms with Gasteiger partial charge in [-0.25, -0.2) is 0 Å². The number of rotatable bonds is 9. The van der Waals surface area contributed by atoms with E-state index in [2.05, 4.69) is 17.4 Å². The van der Waals surface area contributed by atoms with E-state index in [9.17, 15) is 0 Å². The van der Waals surface area contributed by atoms with Crippen LogP contribution in [0.1, 0.15) is 18.4 Å². The second-order valence-corrected chi connectivity index (χ2v) is 4.94. The molecule has 3 heteroatoms. The summed E-state index contributed by atoms with van der Waals surface area (Å²) in [6.07, 6.45) is 2.23. The Kier molecular flexibility index (Phi) is 6.78. The molecule has 0 aliphatic rings. The molecule has 0 heterocycles. The molecule has 0 saturated carbocycles. The van der Waals surface area contributed by atoms with Crippen LogP contribution in [0, 0.1) is 0 Å². The highest BCUT2D eigenvalue weighted by molar-refractivity contribution is 5.33. The van der Waals surface area contributed by atoms with Crippen LogP contribution >= 0.6 is 0 Å². The summed E-state index contributed by atoms with van der Waals surface area (Å²) < 4.78 is 10.9. The van der Waals surface area contributed by atoms with Gasteiger partial charge < -0.3 is 14.8 Å². The molecule has 0 spiro atoms. The molecule has 0 amide bonds. The molecule has 0 unspecified atom stereocenters. The van der Waals surface area contributed by atoms with E-state index < -0.39 is 0 Å². The third-order valence-electron chi connectivity index (χ3n) is 3.16. The summed E-state index contributed by atoms with van der Waals surface area (Å²) in [4.78, 5) is 0. The van der Waals surface area contributed by atoms with Crippen molar-refractivity contribution in [2.24, 2.45) is 0 Å². The summed E-state index contributed by atoms with van der Waals surface area (Å²) in [6.45, 7) is 2.70. The van der Waals surface area contributed by atoms with Crippen LogP contribution in [0.3, 0.4) is 0 Å². The summed E-state index contributed by atoms with van der Waals surface area (Å²) in [7, 11) is 1.74. The number of unbranched alkanes of at least 4 members (excludes halogenated alkanes) is 1. The number of nitrogens with one attached hydrogen (secondary N) is 1. The largest absolute Gasteiger partial charge is 0.457 e. The maximum absolute atomic E-state index is 5.83. The Labute approximate surface area is 126 Å². The Morgan fingerprint density at radius 1 is 0.905 bits per heavy atom. The monoisotopic (exact) mass is 285 g/mol. The Balaban J connectivity index is 1.78. The highest BCUT2D eigenvalue weighted by Gasteiger charge is 1.99. The molecular weight excluding hydrogens is 262 g/mol. The molecule has 0 bridgehead atoms. The second-order valence-electron chi connectivity index (χ2n) is 4.94. The van der Waals surface area contributed by atoms with E-state index in [4.69, 9.17) is 9.47 Å². The molecule has 2 rings (SSSR count). The molecule has 112 valence electrons. The first-order valence-corrected chi connectivity index (χ1v) is 7.40. The fourth-order valence-corrected chi connectivity index (χ4v) is 2.07. The molecule has 0 saturated heterocycles. The average Bonchev–Trinajstić information content (AvgIpc) is 2.52. The van der Waals surface area contributed by atoms with Crippen LogP contribution in [0.25, 0.3) is 0 Å². The van der Waals surface area contributed by atoms with Gasteiger partial charge in [-0.05, 0) is 49.2 Å². The Bertz CT molecular complexity index is 514. The average molecular weight is 285 g/mol. The maximum atomic E-state index is 5.83. The molecule has 2 aromatic rings. The Morgan fingerprint density at radius 2 is 1.71 bits per heavy atom. The van der Waals surface area contributed by atoms with Crippen molar-refractivity contribution in [2.45, 2.75) is 19.4 Å². The van der Waals surface area contributed by atoms with Gasteiger partial charge in [0.25, 0.3) is 0 Å². The lowest BCUT2D eigenvalue weighted by Crippen LogP contribution is -2.15. The van der Waals surface area contributed by atoms with Crippen LogP contribution in [0.15, 0.2) is 54.6 Å². The molecule has 21 heavy (non-hydrogen) atoms. The fraction of sp³-hybridized carbons (Fsp3) is 0.333. The van der Waals surface area contributed by atoms with Crippen LogP contribution < -0.4 is 10.1 Å². The van der Waals surface area contributed by atoms with Gasteiger partial charge in [0.2, 0.25) is 0 Å². The van der Waals surface area contributed by atoms with E-state index >= 15 is 0 Å². The number of ether oxygens (including phenoxy) is 2. The zero-order valence-electron chi connectivity index (χ0n) is 12.5. The van der Waals surface area contributed by atoms with Gasteiger partial charge >= 0.3 is 0 Å². The molecule has 0 aliphatic heterocycles. The lowest BCUT2D eigenvalue weighted by molar-refractivity contribution is 0.192. The lowest BCUT2D eigenvalue weighted by atomic mass is 10.2. The number of methoxy groups -OCH3 is 1. The van der Waals surface area contributed by atoms with Crippen LogP contribution in [0.4, 0.5) is 0 Å².